The topological polar surface area (TPSA) is 0 Å². The lowest BCUT2D eigenvalue weighted by molar-refractivity contribution is 0.263. The summed E-state index contributed by atoms with van der Waals surface area (Å²) in [5.41, 5.74) is 5.36. The van der Waals surface area contributed by atoms with Crippen molar-refractivity contribution in [3.63, 3.8) is 0 Å². The number of rotatable bonds is 1. The van der Waals surface area contributed by atoms with Crippen LogP contribution in [0, 0.1) is 5.41 Å². The summed E-state index contributed by atoms with van der Waals surface area (Å²) in [6.45, 7) is 14.7. The molecule has 1 aromatic carbocycles. The van der Waals surface area contributed by atoms with Gasteiger partial charge in [-0.05, 0) is 35.8 Å². The largest absolute Gasteiger partial charge is 0.0843 e. The van der Waals surface area contributed by atoms with Crippen LogP contribution in [-0.4, -0.2) is 8.07 Å². The minimum atomic E-state index is -1.26. The van der Waals surface area contributed by atoms with Gasteiger partial charge in [0, 0.05) is 5.92 Å². The van der Waals surface area contributed by atoms with Crippen LogP contribution >= 0.6 is 0 Å². The van der Waals surface area contributed by atoms with Gasteiger partial charge in [0.05, 0.1) is 8.07 Å². The molecule has 0 saturated carbocycles. The van der Waals surface area contributed by atoms with E-state index in [2.05, 4.69) is 64.7 Å². The van der Waals surface area contributed by atoms with Crippen LogP contribution in [0.3, 0.4) is 0 Å². The van der Waals surface area contributed by atoms with Crippen LogP contribution in [-0.2, 0) is 0 Å². The standard InChI is InChI=1S/C18H26Si/c1-12-10-11-14-16-13(17(12)18(14,2)3)8-7-9-15(16)19(4,5)6/h7-10,14,17H,11H2,1-6H3/t14-,17+/m0/s1. The third-order valence-electron chi connectivity index (χ3n) is 5.38. The Bertz CT molecular complexity index is 558. The summed E-state index contributed by atoms with van der Waals surface area (Å²) >= 11 is 0. The number of benzene rings is 1. The second-order valence-electron chi connectivity index (χ2n) is 8.05. The third-order valence-corrected chi connectivity index (χ3v) is 7.43. The fourth-order valence-corrected chi connectivity index (χ4v) is 6.25. The van der Waals surface area contributed by atoms with Crippen LogP contribution in [0.15, 0.2) is 29.8 Å². The van der Waals surface area contributed by atoms with Crippen molar-refractivity contribution in [1.29, 1.82) is 0 Å². The van der Waals surface area contributed by atoms with Crippen LogP contribution in [0.5, 0.6) is 0 Å². The predicted octanol–water partition coefficient (Wildman–Crippen LogP) is 4.79. The highest BCUT2D eigenvalue weighted by Crippen LogP contribution is 2.61. The van der Waals surface area contributed by atoms with Crippen LogP contribution in [0.2, 0.25) is 19.6 Å². The molecule has 19 heavy (non-hydrogen) atoms. The average Bonchev–Trinajstić information content (AvgIpc) is 2.40. The first-order valence-electron chi connectivity index (χ1n) is 7.54. The highest BCUT2D eigenvalue weighted by Gasteiger charge is 2.50. The highest BCUT2D eigenvalue weighted by atomic mass is 28.3. The summed E-state index contributed by atoms with van der Waals surface area (Å²) in [5.74, 6) is 1.39. The van der Waals surface area contributed by atoms with Gasteiger partial charge in [0.1, 0.15) is 0 Å². The van der Waals surface area contributed by atoms with Gasteiger partial charge in [-0.3, -0.25) is 0 Å². The van der Waals surface area contributed by atoms with Gasteiger partial charge in [0.15, 0.2) is 0 Å². The van der Waals surface area contributed by atoms with Crippen LogP contribution in [0.25, 0.3) is 0 Å². The molecule has 1 aromatic rings. The SMILES string of the molecule is CC1=CC[C@H]2c3c(cccc3[Si](C)(C)C)[C@@H]1C2(C)C. The van der Waals surface area contributed by atoms with Gasteiger partial charge in [-0.15, -0.1) is 0 Å². The van der Waals surface area contributed by atoms with E-state index in [9.17, 15) is 0 Å². The molecule has 0 spiro atoms. The normalized spacial score (nSPS) is 28.0. The Morgan fingerprint density at radius 2 is 1.84 bits per heavy atom. The lowest BCUT2D eigenvalue weighted by Crippen LogP contribution is -2.41. The fraction of sp³-hybridized carbons (Fsp3) is 0.556. The minimum Gasteiger partial charge on any atom is -0.0843 e. The Balaban J connectivity index is 2.28. The van der Waals surface area contributed by atoms with Gasteiger partial charge in [0.2, 0.25) is 0 Å². The molecule has 0 fully saturated rings. The molecule has 2 aliphatic rings. The number of allylic oxidation sites excluding steroid dienone is 2. The molecule has 1 heteroatoms. The van der Waals surface area contributed by atoms with Gasteiger partial charge in [-0.1, -0.05) is 68.5 Å². The quantitative estimate of drug-likeness (QED) is 0.508. The van der Waals surface area contributed by atoms with E-state index < -0.39 is 8.07 Å². The second kappa shape index (κ2) is 3.85. The van der Waals surface area contributed by atoms with Crippen LogP contribution < -0.4 is 5.19 Å². The Morgan fingerprint density at radius 3 is 2.47 bits per heavy atom. The molecular weight excluding hydrogens is 244 g/mol. The van der Waals surface area contributed by atoms with Crippen LogP contribution in [0.1, 0.15) is 50.2 Å². The number of hydrogen-bond acceptors (Lipinski definition) is 0. The van der Waals surface area contributed by atoms with Gasteiger partial charge >= 0.3 is 0 Å². The second-order valence-corrected chi connectivity index (χ2v) is 13.1. The third kappa shape index (κ3) is 1.70. The maximum absolute atomic E-state index is 2.49. The molecule has 0 amide bonds. The smallest absolute Gasteiger partial charge is 0.0779 e. The lowest BCUT2D eigenvalue weighted by atomic mass is 9.66. The molecule has 102 valence electrons. The maximum Gasteiger partial charge on any atom is 0.0779 e. The first-order valence-corrected chi connectivity index (χ1v) is 11.0. The lowest BCUT2D eigenvalue weighted by Gasteiger charge is -2.38. The zero-order chi connectivity index (χ0) is 14.0. The first-order chi connectivity index (χ1) is 8.74. The molecule has 2 bridgehead atoms. The minimum absolute atomic E-state index is 0.400. The predicted molar refractivity (Wildman–Crippen MR) is 87.1 cm³/mol. The fourth-order valence-electron chi connectivity index (χ4n) is 4.53. The zero-order valence-electron chi connectivity index (χ0n) is 13.2. The summed E-state index contributed by atoms with van der Waals surface area (Å²) < 4.78 is 0. The summed E-state index contributed by atoms with van der Waals surface area (Å²) in [5, 5.41) is 1.70. The average molecular weight is 270 g/mol. The maximum atomic E-state index is 2.49. The first kappa shape index (κ1) is 13.2. The monoisotopic (exact) mass is 270 g/mol. The van der Waals surface area contributed by atoms with Crippen molar-refractivity contribution in [3.05, 3.63) is 41.0 Å². The molecule has 0 nitrogen and oxygen atoms in total. The van der Waals surface area contributed by atoms with Gasteiger partial charge in [0.25, 0.3) is 0 Å². The Labute approximate surface area is 118 Å². The molecule has 0 aromatic heterocycles. The van der Waals surface area contributed by atoms with E-state index >= 15 is 0 Å². The van der Waals surface area contributed by atoms with Crippen molar-refractivity contribution in [1.82, 2.24) is 0 Å². The molecule has 0 unspecified atom stereocenters. The van der Waals surface area contributed by atoms with E-state index in [1.807, 2.05) is 0 Å². The van der Waals surface area contributed by atoms with E-state index in [1.165, 1.54) is 6.42 Å². The Kier molecular flexibility index (Phi) is 2.67. The molecular formula is C18H26Si. The molecule has 3 rings (SSSR count). The van der Waals surface area contributed by atoms with Crippen molar-refractivity contribution in [3.8, 4) is 0 Å². The van der Waals surface area contributed by atoms with Crippen molar-refractivity contribution in [2.45, 2.75) is 58.7 Å². The van der Waals surface area contributed by atoms with Crippen molar-refractivity contribution in [2.24, 2.45) is 5.41 Å². The summed E-state index contributed by atoms with van der Waals surface area (Å²) in [4.78, 5) is 0. The van der Waals surface area contributed by atoms with Crippen molar-refractivity contribution in [2.75, 3.05) is 0 Å². The van der Waals surface area contributed by atoms with E-state index in [4.69, 9.17) is 0 Å². The number of hydrogen-bond donors (Lipinski definition) is 0. The molecule has 0 saturated heterocycles. The molecule has 0 heterocycles. The van der Waals surface area contributed by atoms with E-state index in [1.54, 1.807) is 21.9 Å². The molecule has 0 radical (unpaired) electrons. The van der Waals surface area contributed by atoms with Crippen molar-refractivity contribution >= 4 is 13.3 Å². The van der Waals surface area contributed by atoms with E-state index in [-0.39, 0.29) is 0 Å². The van der Waals surface area contributed by atoms with Crippen LogP contribution in [0.4, 0.5) is 0 Å². The van der Waals surface area contributed by atoms with E-state index in [0.717, 1.165) is 5.92 Å². The Hall–Kier alpha value is -0.823. The van der Waals surface area contributed by atoms with Gasteiger partial charge in [-0.2, -0.15) is 0 Å². The van der Waals surface area contributed by atoms with Gasteiger partial charge in [-0.25, -0.2) is 0 Å². The van der Waals surface area contributed by atoms with E-state index in [0.29, 0.717) is 11.3 Å². The summed E-state index contributed by atoms with van der Waals surface area (Å²) in [7, 11) is -1.26. The summed E-state index contributed by atoms with van der Waals surface area (Å²) in [6.07, 6.45) is 3.73. The number of fused-ring (bicyclic) bond motifs is 5. The highest BCUT2D eigenvalue weighted by molar-refractivity contribution is 6.89. The summed E-state index contributed by atoms with van der Waals surface area (Å²) in [6, 6.07) is 7.11. The Morgan fingerprint density at radius 1 is 1.16 bits per heavy atom. The molecule has 0 aliphatic heterocycles. The molecule has 2 aliphatic carbocycles. The zero-order valence-corrected chi connectivity index (χ0v) is 14.2. The molecule has 2 atom stereocenters. The van der Waals surface area contributed by atoms with Gasteiger partial charge < -0.3 is 0 Å². The van der Waals surface area contributed by atoms with Crippen molar-refractivity contribution < 1.29 is 0 Å². The molecule has 0 N–H and O–H groups in total.